The standard InChI is InChI=1S/C24H43N/c1-3-5-6-7-9-22-14-17-24(20-25,18-15-22)19-16-23-12-10-21(8-4-2)11-13-23/h21-23H,3-19H2,1-2H3/t21-,22-,23-,24-. The quantitative estimate of drug-likeness (QED) is 0.367. The highest BCUT2D eigenvalue weighted by molar-refractivity contribution is 5.01. The summed E-state index contributed by atoms with van der Waals surface area (Å²) in [6, 6.07) is 2.78. The van der Waals surface area contributed by atoms with Crippen molar-refractivity contribution in [3.63, 3.8) is 0 Å². The van der Waals surface area contributed by atoms with Crippen molar-refractivity contribution in [1.82, 2.24) is 0 Å². The van der Waals surface area contributed by atoms with Crippen LogP contribution in [0.1, 0.15) is 123 Å². The molecule has 0 aromatic heterocycles. The maximum Gasteiger partial charge on any atom is 0.0689 e. The summed E-state index contributed by atoms with van der Waals surface area (Å²) in [5, 5.41) is 9.87. The second kappa shape index (κ2) is 11.3. The lowest BCUT2D eigenvalue weighted by Gasteiger charge is -2.37. The van der Waals surface area contributed by atoms with Crippen LogP contribution in [0.3, 0.4) is 0 Å². The van der Waals surface area contributed by atoms with Crippen LogP contribution in [-0.4, -0.2) is 0 Å². The van der Waals surface area contributed by atoms with Crippen molar-refractivity contribution >= 4 is 0 Å². The number of rotatable bonds is 10. The van der Waals surface area contributed by atoms with Gasteiger partial charge in [0.05, 0.1) is 11.5 Å². The minimum absolute atomic E-state index is 0.0419. The van der Waals surface area contributed by atoms with Crippen molar-refractivity contribution in [2.24, 2.45) is 23.2 Å². The molecule has 0 saturated heterocycles. The Morgan fingerprint density at radius 3 is 1.88 bits per heavy atom. The molecule has 0 atom stereocenters. The van der Waals surface area contributed by atoms with Gasteiger partial charge in [-0.25, -0.2) is 0 Å². The Morgan fingerprint density at radius 2 is 1.32 bits per heavy atom. The molecule has 0 aromatic rings. The first-order valence-corrected chi connectivity index (χ1v) is 11.6. The van der Waals surface area contributed by atoms with Crippen LogP contribution in [0.5, 0.6) is 0 Å². The van der Waals surface area contributed by atoms with E-state index in [0.29, 0.717) is 0 Å². The van der Waals surface area contributed by atoms with E-state index in [0.717, 1.165) is 17.8 Å². The third-order valence-electron chi connectivity index (χ3n) is 7.46. The summed E-state index contributed by atoms with van der Waals surface area (Å²) in [6.45, 7) is 4.61. The summed E-state index contributed by atoms with van der Waals surface area (Å²) in [5.41, 5.74) is 0.0419. The molecule has 2 aliphatic rings. The molecule has 0 bridgehead atoms. The van der Waals surface area contributed by atoms with E-state index in [4.69, 9.17) is 0 Å². The van der Waals surface area contributed by atoms with Crippen molar-refractivity contribution in [3.8, 4) is 6.07 Å². The molecular formula is C24H43N. The summed E-state index contributed by atoms with van der Waals surface area (Å²) in [4.78, 5) is 0. The smallest absolute Gasteiger partial charge is 0.0689 e. The van der Waals surface area contributed by atoms with Crippen LogP contribution in [-0.2, 0) is 0 Å². The molecule has 25 heavy (non-hydrogen) atoms. The predicted molar refractivity (Wildman–Crippen MR) is 108 cm³/mol. The lowest BCUT2D eigenvalue weighted by molar-refractivity contribution is 0.163. The molecule has 0 unspecified atom stereocenters. The summed E-state index contributed by atoms with van der Waals surface area (Å²) in [5.74, 6) is 2.85. The highest BCUT2D eigenvalue weighted by Gasteiger charge is 2.35. The maximum atomic E-state index is 9.87. The molecule has 0 aromatic carbocycles. The van der Waals surface area contributed by atoms with E-state index in [2.05, 4.69) is 19.9 Å². The molecule has 2 rings (SSSR count). The maximum absolute atomic E-state index is 9.87. The second-order valence-corrected chi connectivity index (χ2v) is 9.40. The van der Waals surface area contributed by atoms with Gasteiger partial charge in [0.1, 0.15) is 0 Å². The van der Waals surface area contributed by atoms with Gasteiger partial charge in [-0.2, -0.15) is 5.26 Å². The van der Waals surface area contributed by atoms with E-state index in [1.165, 1.54) is 109 Å². The highest BCUT2D eigenvalue weighted by Crippen LogP contribution is 2.45. The highest BCUT2D eigenvalue weighted by atomic mass is 14.4. The van der Waals surface area contributed by atoms with E-state index in [-0.39, 0.29) is 5.41 Å². The van der Waals surface area contributed by atoms with Gasteiger partial charge in [-0.05, 0) is 56.3 Å². The van der Waals surface area contributed by atoms with Crippen LogP contribution < -0.4 is 0 Å². The minimum atomic E-state index is 0.0419. The average Bonchev–Trinajstić information content (AvgIpc) is 2.66. The Balaban J connectivity index is 1.66. The predicted octanol–water partition coefficient (Wildman–Crippen LogP) is 8.04. The molecule has 2 aliphatic carbocycles. The van der Waals surface area contributed by atoms with Crippen molar-refractivity contribution in [2.45, 2.75) is 123 Å². The monoisotopic (exact) mass is 345 g/mol. The van der Waals surface area contributed by atoms with Gasteiger partial charge in [0.2, 0.25) is 0 Å². The third-order valence-corrected chi connectivity index (χ3v) is 7.46. The molecule has 1 nitrogen and oxygen atoms in total. The van der Waals surface area contributed by atoms with Gasteiger partial charge >= 0.3 is 0 Å². The average molecular weight is 346 g/mol. The number of hydrogen-bond acceptors (Lipinski definition) is 1. The number of nitriles is 1. The van der Waals surface area contributed by atoms with Gasteiger partial charge in [-0.3, -0.25) is 0 Å². The second-order valence-electron chi connectivity index (χ2n) is 9.40. The zero-order valence-electron chi connectivity index (χ0n) is 17.2. The van der Waals surface area contributed by atoms with Crippen molar-refractivity contribution in [3.05, 3.63) is 0 Å². The molecule has 0 aliphatic heterocycles. The van der Waals surface area contributed by atoms with Gasteiger partial charge in [-0.1, -0.05) is 84.5 Å². The Bertz CT molecular complexity index is 377. The molecule has 0 radical (unpaired) electrons. The summed E-state index contributed by atoms with van der Waals surface area (Å²) < 4.78 is 0. The van der Waals surface area contributed by atoms with E-state index >= 15 is 0 Å². The topological polar surface area (TPSA) is 23.8 Å². The zero-order chi connectivity index (χ0) is 18.0. The van der Waals surface area contributed by atoms with Crippen LogP contribution in [0.15, 0.2) is 0 Å². The van der Waals surface area contributed by atoms with Crippen LogP contribution in [0.2, 0.25) is 0 Å². The van der Waals surface area contributed by atoms with Gasteiger partial charge in [0, 0.05) is 0 Å². The first kappa shape index (κ1) is 20.8. The lowest BCUT2D eigenvalue weighted by atomic mass is 9.66. The molecule has 0 spiro atoms. The van der Waals surface area contributed by atoms with Crippen LogP contribution in [0.25, 0.3) is 0 Å². The largest absolute Gasteiger partial charge is 0.198 e. The van der Waals surface area contributed by atoms with Crippen LogP contribution >= 0.6 is 0 Å². The SMILES string of the molecule is CCCCCC[C@H]1CC[C@@](C#N)(CC[C@H]2CC[C@H](CCC)CC2)CC1. The van der Waals surface area contributed by atoms with E-state index in [1.54, 1.807) is 0 Å². The normalized spacial score (nSPS) is 33.1. The number of nitrogens with zero attached hydrogens (tertiary/aromatic N) is 1. The molecule has 144 valence electrons. The van der Waals surface area contributed by atoms with Crippen molar-refractivity contribution in [1.29, 1.82) is 5.26 Å². The first-order valence-electron chi connectivity index (χ1n) is 11.6. The summed E-state index contributed by atoms with van der Waals surface area (Å²) >= 11 is 0. The van der Waals surface area contributed by atoms with Crippen molar-refractivity contribution < 1.29 is 0 Å². The van der Waals surface area contributed by atoms with Gasteiger partial charge < -0.3 is 0 Å². The summed E-state index contributed by atoms with van der Waals surface area (Å²) in [7, 11) is 0. The number of unbranched alkanes of at least 4 members (excludes halogenated alkanes) is 3. The molecule has 2 saturated carbocycles. The van der Waals surface area contributed by atoms with E-state index < -0.39 is 0 Å². The Hall–Kier alpha value is -0.510. The molecule has 0 N–H and O–H groups in total. The fourth-order valence-corrected chi connectivity index (χ4v) is 5.49. The van der Waals surface area contributed by atoms with Gasteiger partial charge in [0.15, 0.2) is 0 Å². The minimum Gasteiger partial charge on any atom is -0.198 e. The zero-order valence-corrected chi connectivity index (χ0v) is 17.2. The lowest BCUT2D eigenvalue weighted by Crippen LogP contribution is -2.27. The third kappa shape index (κ3) is 6.96. The fraction of sp³-hybridized carbons (Fsp3) is 0.958. The summed E-state index contributed by atoms with van der Waals surface area (Å²) in [6.07, 6.45) is 23.1. The first-order chi connectivity index (χ1) is 12.2. The van der Waals surface area contributed by atoms with Gasteiger partial charge in [-0.15, -0.1) is 0 Å². The van der Waals surface area contributed by atoms with E-state index in [1.807, 2.05) is 0 Å². The van der Waals surface area contributed by atoms with Crippen LogP contribution in [0.4, 0.5) is 0 Å². The van der Waals surface area contributed by atoms with E-state index in [9.17, 15) is 5.26 Å². The Kier molecular flexibility index (Phi) is 9.36. The van der Waals surface area contributed by atoms with Crippen LogP contribution in [0, 0.1) is 34.5 Å². The Morgan fingerprint density at radius 1 is 0.720 bits per heavy atom. The molecular weight excluding hydrogens is 302 g/mol. The van der Waals surface area contributed by atoms with Gasteiger partial charge in [0.25, 0.3) is 0 Å². The van der Waals surface area contributed by atoms with Crippen molar-refractivity contribution in [2.75, 3.05) is 0 Å². The molecule has 0 amide bonds. The number of hydrogen-bond donors (Lipinski definition) is 0. The molecule has 2 fully saturated rings. The Labute approximate surface area is 158 Å². The fourth-order valence-electron chi connectivity index (χ4n) is 5.49. The molecule has 1 heteroatoms. The molecule has 0 heterocycles.